The zero-order chi connectivity index (χ0) is 19.6. The molecule has 5 atom stereocenters. The van der Waals surface area contributed by atoms with E-state index < -0.39 is 5.92 Å². The highest BCUT2D eigenvalue weighted by Crippen LogP contribution is 2.43. The van der Waals surface area contributed by atoms with Crippen LogP contribution in [-0.2, 0) is 16.1 Å². The molecule has 4 rings (SSSR count). The van der Waals surface area contributed by atoms with Crippen LogP contribution in [0.25, 0.3) is 0 Å². The Morgan fingerprint density at radius 2 is 1.59 bits per heavy atom. The minimum absolute atomic E-state index is 0. The average Bonchev–Trinajstić information content (AvgIpc) is 2.87. The molecule has 2 bridgehead atoms. The molecule has 3 unspecified atom stereocenters. The van der Waals surface area contributed by atoms with Crippen LogP contribution in [0.4, 0.5) is 0 Å². The van der Waals surface area contributed by atoms with Crippen molar-refractivity contribution >= 4 is 5.97 Å². The molecule has 1 N–H and O–H groups in total. The number of hydrogen-bond donors (Lipinski definition) is 1. The molecule has 29 heavy (non-hydrogen) atoms. The van der Waals surface area contributed by atoms with Gasteiger partial charge in [0.15, 0.2) is 0 Å². The molecule has 156 valence electrons. The first kappa shape index (κ1) is 22.0. The van der Waals surface area contributed by atoms with Crippen LogP contribution in [0.3, 0.4) is 0 Å². The molecule has 0 radical (unpaired) electrons. The van der Waals surface area contributed by atoms with Crippen LogP contribution in [-0.4, -0.2) is 47.4 Å². The van der Waals surface area contributed by atoms with Gasteiger partial charge in [-0.25, -0.2) is 0 Å². The second kappa shape index (κ2) is 9.41. The van der Waals surface area contributed by atoms with E-state index in [4.69, 9.17) is 4.74 Å². The Morgan fingerprint density at radius 3 is 2.14 bits per heavy atom. The highest BCUT2D eigenvalue weighted by atomic mass is 79.9. The van der Waals surface area contributed by atoms with Crippen LogP contribution in [0.5, 0.6) is 0 Å². The summed E-state index contributed by atoms with van der Waals surface area (Å²) in [6, 6.07) is 21.2. The summed E-state index contributed by atoms with van der Waals surface area (Å²) in [5.74, 6) is -0.886. The molecular weight excluding hydrogens is 430 g/mol. The molecule has 2 aromatic rings. The largest absolute Gasteiger partial charge is 1.00 e. The molecule has 2 heterocycles. The van der Waals surface area contributed by atoms with Crippen molar-refractivity contribution in [2.24, 2.45) is 0 Å². The minimum atomic E-state index is -0.592. The number of rotatable bonds is 6. The number of piperidine rings is 1. The predicted octanol–water partition coefficient (Wildman–Crippen LogP) is 0.650. The number of quaternary nitrogens is 1. The summed E-state index contributed by atoms with van der Waals surface area (Å²) in [6.45, 7) is 0.824. The number of nitrogens with zero attached hydrogens (tertiary/aromatic N) is 1. The van der Waals surface area contributed by atoms with Crippen molar-refractivity contribution in [3.63, 3.8) is 0 Å². The van der Waals surface area contributed by atoms with Crippen molar-refractivity contribution in [1.29, 1.82) is 0 Å². The zero-order valence-corrected chi connectivity index (χ0v) is 18.5. The van der Waals surface area contributed by atoms with Crippen molar-refractivity contribution in [1.82, 2.24) is 0 Å². The molecule has 2 aromatic carbocycles. The third-order valence-corrected chi connectivity index (χ3v) is 6.89. The van der Waals surface area contributed by atoms with Gasteiger partial charge in [-0.15, -0.1) is 0 Å². The lowest BCUT2D eigenvalue weighted by molar-refractivity contribution is -0.961. The zero-order valence-electron chi connectivity index (χ0n) is 16.9. The first-order valence-electron chi connectivity index (χ1n) is 10.4. The third kappa shape index (κ3) is 4.57. The predicted molar refractivity (Wildman–Crippen MR) is 109 cm³/mol. The summed E-state index contributed by atoms with van der Waals surface area (Å²) in [5.41, 5.74) is 2.19. The number of esters is 1. The molecule has 2 fully saturated rings. The molecule has 2 aliphatic rings. The number of fused-ring (bicyclic) bond motifs is 2. The van der Waals surface area contributed by atoms with Crippen molar-refractivity contribution in [3.8, 4) is 0 Å². The maximum Gasteiger partial charge on any atom is 0.316 e. The van der Waals surface area contributed by atoms with Gasteiger partial charge >= 0.3 is 5.97 Å². The van der Waals surface area contributed by atoms with Crippen molar-refractivity contribution < 1.29 is 36.1 Å². The van der Waals surface area contributed by atoms with Crippen LogP contribution in [0.1, 0.15) is 42.7 Å². The molecular formula is C24H30BrNO3. The highest BCUT2D eigenvalue weighted by Gasteiger charge is 2.52. The van der Waals surface area contributed by atoms with Gasteiger partial charge in [-0.05, 0) is 5.56 Å². The number of halogens is 1. The van der Waals surface area contributed by atoms with Crippen LogP contribution in [0, 0.1) is 0 Å². The molecule has 0 saturated carbocycles. The van der Waals surface area contributed by atoms with Crippen molar-refractivity contribution in [3.05, 3.63) is 71.8 Å². The molecule has 0 spiro atoms. The van der Waals surface area contributed by atoms with Gasteiger partial charge < -0.3 is 31.3 Å². The van der Waals surface area contributed by atoms with Gasteiger partial charge in [-0.2, -0.15) is 0 Å². The Hall–Kier alpha value is -1.69. The van der Waals surface area contributed by atoms with Gasteiger partial charge in [0.1, 0.15) is 18.6 Å². The van der Waals surface area contributed by atoms with E-state index in [1.807, 2.05) is 30.3 Å². The van der Waals surface area contributed by atoms with Crippen molar-refractivity contribution in [2.45, 2.75) is 56.3 Å². The molecule has 0 aromatic heterocycles. The Labute approximate surface area is 183 Å². The van der Waals surface area contributed by atoms with Crippen LogP contribution in [0.15, 0.2) is 60.7 Å². The number of benzene rings is 2. The lowest BCUT2D eigenvalue weighted by Gasteiger charge is -2.47. The monoisotopic (exact) mass is 459 g/mol. The van der Waals surface area contributed by atoms with E-state index in [1.54, 1.807) is 0 Å². The van der Waals surface area contributed by atoms with E-state index in [0.717, 1.165) is 29.4 Å². The topological polar surface area (TPSA) is 46.5 Å². The van der Waals surface area contributed by atoms with E-state index >= 15 is 0 Å². The maximum absolute atomic E-state index is 12.7. The minimum Gasteiger partial charge on any atom is -1.00 e. The van der Waals surface area contributed by atoms with Crippen LogP contribution >= 0.6 is 0 Å². The van der Waals surface area contributed by atoms with E-state index in [2.05, 4.69) is 37.4 Å². The van der Waals surface area contributed by atoms with Gasteiger partial charge in [0, 0.05) is 31.2 Å². The maximum atomic E-state index is 12.7. The van der Waals surface area contributed by atoms with Crippen LogP contribution in [0.2, 0.25) is 0 Å². The Kier molecular flexibility index (Phi) is 7.14. The lowest BCUT2D eigenvalue weighted by atomic mass is 9.95. The normalized spacial score (nSPS) is 29.0. The Morgan fingerprint density at radius 1 is 1.03 bits per heavy atom. The molecule has 2 aliphatic heterocycles. The average molecular weight is 460 g/mol. The van der Waals surface area contributed by atoms with Gasteiger partial charge in [0.2, 0.25) is 0 Å². The summed E-state index contributed by atoms with van der Waals surface area (Å²) in [5, 5.41) is 9.74. The first-order chi connectivity index (χ1) is 13.6. The quantitative estimate of drug-likeness (QED) is 0.509. The number of aliphatic hydroxyl groups is 1. The smallest absolute Gasteiger partial charge is 0.316 e. The molecule has 0 aliphatic carbocycles. The molecule has 0 amide bonds. The summed E-state index contributed by atoms with van der Waals surface area (Å²) in [6.07, 6.45) is 4.19. The van der Waals surface area contributed by atoms with E-state index in [1.165, 1.54) is 18.4 Å². The fraction of sp³-hybridized carbons (Fsp3) is 0.458. The molecule has 4 nitrogen and oxygen atoms in total. The summed E-state index contributed by atoms with van der Waals surface area (Å²) >= 11 is 0. The van der Waals surface area contributed by atoms with Gasteiger partial charge in [0.25, 0.3) is 0 Å². The Balaban J connectivity index is 0.00000240. The molecule has 5 heteroatoms. The van der Waals surface area contributed by atoms with Crippen molar-refractivity contribution in [2.75, 3.05) is 13.7 Å². The van der Waals surface area contributed by atoms with E-state index in [9.17, 15) is 9.90 Å². The number of aliphatic hydroxyl groups excluding tert-OH is 1. The van der Waals surface area contributed by atoms with Gasteiger partial charge in [0.05, 0.1) is 25.7 Å². The SMILES string of the molecule is C[N+]1(Cc2ccccc2)[C@@H]2CC[C@H]1CC(OC(=O)C(CO)c1ccccc1)C2.[Br-]. The fourth-order valence-electron chi connectivity index (χ4n) is 5.27. The standard InChI is InChI=1S/C24H30NO3.BrH/c1-25(16-18-8-4-2-5-9-18)20-12-13-21(25)15-22(14-20)28-24(27)23(17-26)19-10-6-3-7-11-19;/h2-11,20-23,26H,12-17H2,1H3;1H/q+1;/p-1/t20-,21+,22?,23?,25?;. The number of hydrogen-bond acceptors (Lipinski definition) is 3. The second-order valence-electron chi connectivity index (χ2n) is 8.55. The third-order valence-electron chi connectivity index (χ3n) is 6.89. The van der Waals surface area contributed by atoms with Crippen LogP contribution < -0.4 is 17.0 Å². The summed E-state index contributed by atoms with van der Waals surface area (Å²) < 4.78 is 6.97. The molecule has 2 saturated heterocycles. The first-order valence-corrected chi connectivity index (χ1v) is 10.4. The van der Waals surface area contributed by atoms with Gasteiger partial charge in [-0.1, -0.05) is 60.7 Å². The highest BCUT2D eigenvalue weighted by molar-refractivity contribution is 5.78. The second-order valence-corrected chi connectivity index (χ2v) is 8.55. The summed E-state index contributed by atoms with van der Waals surface area (Å²) in [4.78, 5) is 12.7. The number of ether oxygens (including phenoxy) is 1. The number of carbonyl (C=O) groups excluding carboxylic acids is 1. The number of carbonyl (C=O) groups is 1. The summed E-state index contributed by atoms with van der Waals surface area (Å²) in [7, 11) is 2.37. The fourth-order valence-corrected chi connectivity index (χ4v) is 5.27. The van der Waals surface area contributed by atoms with E-state index in [0.29, 0.717) is 12.1 Å². The van der Waals surface area contributed by atoms with Gasteiger partial charge in [-0.3, -0.25) is 4.79 Å². The lowest BCUT2D eigenvalue weighted by Crippen LogP contribution is -3.00. The Bertz CT molecular complexity index is 784. The van der Waals surface area contributed by atoms with E-state index in [-0.39, 0.29) is 35.7 Å².